The van der Waals surface area contributed by atoms with E-state index in [1.807, 2.05) is 24.3 Å². The lowest BCUT2D eigenvalue weighted by Gasteiger charge is -2.20. The van der Waals surface area contributed by atoms with Crippen LogP contribution in [-0.4, -0.2) is 21.5 Å². The third-order valence-electron chi connectivity index (χ3n) is 5.90. The fraction of sp³-hybridized carbons (Fsp3) is 0.208. The van der Waals surface area contributed by atoms with Gasteiger partial charge in [0.25, 0.3) is 5.56 Å². The monoisotopic (exact) mass is 396 g/mol. The summed E-state index contributed by atoms with van der Waals surface area (Å²) >= 11 is 0. The van der Waals surface area contributed by atoms with Gasteiger partial charge in [-0.3, -0.25) is 14.8 Å². The van der Waals surface area contributed by atoms with E-state index in [4.69, 9.17) is 4.74 Å². The summed E-state index contributed by atoms with van der Waals surface area (Å²) in [6.07, 6.45) is 6.86. The van der Waals surface area contributed by atoms with Gasteiger partial charge in [0.2, 0.25) is 0 Å². The third kappa shape index (κ3) is 3.01. The number of ether oxygens (including phenoxy) is 1. The van der Waals surface area contributed by atoms with E-state index in [-0.39, 0.29) is 11.6 Å². The molecule has 2 aromatic carbocycles. The Kier molecular flexibility index (Phi) is 3.84. The molecule has 6 rings (SSSR count). The zero-order valence-electron chi connectivity index (χ0n) is 16.3. The van der Waals surface area contributed by atoms with Crippen molar-refractivity contribution >= 4 is 22.3 Å². The molecule has 1 saturated carbocycles. The molecule has 2 aromatic heterocycles. The minimum absolute atomic E-state index is 0.160. The van der Waals surface area contributed by atoms with Gasteiger partial charge in [-0.25, -0.2) is 0 Å². The highest BCUT2D eigenvalue weighted by atomic mass is 16.5. The van der Waals surface area contributed by atoms with E-state index >= 15 is 0 Å². The number of fused-ring (bicyclic) bond motifs is 2. The molecule has 1 aliphatic heterocycles. The van der Waals surface area contributed by atoms with Gasteiger partial charge in [0.1, 0.15) is 5.75 Å². The molecule has 6 heteroatoms. The van der Waals surface area contributed by atoms with Crippen LogP contribution in [-0.2, 0) is 6.42 Å². The summed E-state index contributed by atoms with van der Waals surface area (Å²) in [6, 6.07) is 16.6. The van der Waals surface area contributed by atoms with Crippen LogP contribution < -0.4 is 15.2 Å². The van der Waals surface area contributed by atoms with Crippen molar-refractivity contribution in [1.29, 1.82) is 0 Å². The number of hydrogen-bond donors (Lipinski definition) is 1. The van der Waals surface area contributed by atoms with Gasteiger partial charge in [-0.05, 0) is 72.7 Å². The largest absolute Gasteiger partial charge is 0.426 e. The summed E-state index contributed by atoms with van der Waals surface area (Å²) in [5.74, 6) is 1.40. The standard InChI is InChI=1S/C24H20N4O2/c29-23-20-9-11-25-14-21(20)26-24(27-23)30-19-6-4-18(5-7-19)28-12-10-17-13-16(15-1-2-15)3-8-22(17)28/h3-9,11,13-15H,1-2,10,12H2,(H,26,27,29). The van der Waals surface area contributed by atoms with Crippen LogP contribution in [0.5, 0.6) is 11.8 Å². The number of benzene rings is 2. The van der Waals surface area contributed by atoms with Gasteiger partial charge in [0.05, 0.1) is 17.1 Å². The van der Waals surface area contributed by atoms with Crippen molar-refractivity contribution in [1.82, 2.24) is 15.0 Å². The van der Waals surface area contributed by atoms with Crippen LogP contribution in [0.25, 0.3) is 10.9 Å². The summed E-state index contributed by atoms with van der Waals surface area (Å²) in [7, 11) is 0. The zero-order valence-corrected chi connectivity index (χ0v) is 16.3. The molecule has 0 bridgehead atoms. The predicted octanol–water partition coefficient (Wildman–Crippen LogP) is 4.68. The minimum Gasteiger partial charge on any atom is -0.426 e. The molecule has 30 heavy (non-hydrogen) atoms. The maximum Gasteiger partial charge on any atom is 0.302 e. The SMILES string of the molecule is O=c1[nH]c(Oc2ccc(N3CCc4cc(C5CC5)ccc43)cc2)nc2cnccc12. The summed E-state index contributed by atoms with van der Waals surface area (Å²) in [6.45, 7) is 0.982. The molecule has 0 radical (unpaired) electrons. The van der Waals surface area contributed by atoms with Gasteiger partial charge in [-0.2, -0.15) is 4.98 Å². The maximum absolute atomic E-state index is 12.2. The van der Waals surface area contributed by atoms with Crippen molar-refractivity contribution < 1.29 is 4.74 Å². The summed E-state index contributed by atoms with van der Waals surface area (Å²) < 4.78 is 5.79. The van der Waals surface area contributed by atoms with Crippen LogP contribution in [0, 0.1) is 0 Å². The average Bonchev–Trinajstić information content (AvgIpc) is 3.54. The molecule has 4 aromatic rings. The van der Waals surface area contributed by atoms with E-state index in [1.165, 1.54) is 29.7 Å². The number of hydrogen-bond acceptors (Lipinski definition) is 5. The van der Waals surface area contributed by atoms with Crippen LogP contribution >= 0.6 is 0 Å². The summed E-state index contributed by atoms with van der Waals surface area (Å²) in [4.78, 5) is 25.6. The molecule has 1 fully saturated rings. The molecule has 0 spiro atoms. The van der Waals surface area contributed by atoms with E-state index < -0.39 is 0 Å². The number of anilines is 2. The highest BCUT2D eigenvalue weighted by molar-refractivity contribution is 5.76. The highest BCUT2D eigenvalue weighted by Gasteiger charge is 2.27. The number of nitrogens with zero attached hydrogens (tertiary/aromatic N) is 3. The fourth-order valence-corrected chi connectivity index (χ4v) is 4.18. The molecule has 0 unspecified atom stereocenters. The number of nitrogens with one attached hydrogen (secondary N) is 1. The van der Waals surface area contributed by atoms with Gasteiger partial charge in [0.15, 0.2) is 0 Å². The van der Waals surface area contributed by atoms with Crippen molar-refractivity contribution in [2.75, 3.05) is 11.4 Å². The van der Waals surface area contributed by atoms with Crippen molar-refractivity contribution in [3.05, 3.63) is 82.4 Å². The molecular formula is C24H20N4O2. The molecule has 0 saturated heterocycles. The second-order valence-corrected chi connectivity index (χ2v) is 7.92. The average molecular weight is 396 g/mol. The Morgan fingerprint density at radius 1 is 1.07 bits per heavy atom. The Morgan fingerprint density at radius 3 is 2.77 bits per heavy atom. The molecule has 148 valence electrons. The molecule has 1 aliphatic carbocycles. The Hall–Kier alpha value is -3.67. The molecule has 0 amide bonds. The first-order valence-electron chi connectivity index (χ1n) is 10.3. The Bertz CT molecular complexity index is 1310. The predicted molar refractivity (Wildman–Crippen MR) is 116 cm³/mol. The maximum atomic E-state index is 12.2. The number of rotatable bonds is 4. The van der Waals surface area contributed by atoms with E-state index in [2.05, 4.69) is 38.1 Å². The lowest BCUT2D eigenvalue weighted by molar-refractivity contribution is 0.443. The first kappa shape index (κ1) is 17.2. The van der Waals surface area contributed by atoms with Crippen LogP contribution in [0.1, 0.15) is 29.9 Å². The smallest absolute Gasteiger partial charge is 0.302 e. The van der Waals surface area contributed by atoms with Crippen LogP contribution in [0.15, 0.2) is 65.7 Å². The molecule has 2 aliphatic rings. The van der Waals surface area contributed by atoms with E-state index in [9.17, 15) is 4.79 Å². The van der Waals surface area contributed by atoms with Crippen LogP contribution in [0.4, 0.5) is 11.4 Å². The third-order valence-corrected chi connectivity index (χ3v) is 5.90. The lowest BCUT2D eigenvalue weighted by Crippen LogP contribution is -2.13. The Labute approximate surface area is 173 Å². The Morgan fingerprint density at radius 2 is 1.93 bits per heavy atom. The summed E-state index contributed by atoms with van der Waals surface area (Å²) in [5, 5.41) is 0.491. The molecule has 6 nitrogen and oxygen atoms in total. The normalized spacial score (nSPS) is 15.4. The number of aromatic nitrogens is 3. The number of H-pyrrole nitrogens is 1. The van der Waals surface area contributed by atoms with E-state index in [1.54, 1.807) is 18.5 Å². The van der Waals surface area contributed by atoms with E-state index in [0.29, 0.717) is 16.7 Å². The molecule has 1 N–H and O–H groups in total. The molecular weight excluding hydrogens is 376 g/mol. The molecule has 0 atom stereocenters. The van der Waals surface area contributed by atoms with Crippen LogP contribution in [0.3, 0.4) is 0 Å². The summed E-state index contributed by atoms with van der Waals surface area (Å²) in [5.41, 5.74) is 5.61. The second-order valence-electron chi connectivity index (χ2n) is 7.92. The van der Waals surface area contributed by atoms with Gasteiger partial charge in [-0.15, -0.1) is 0 Å². The van der Waals surface area contributed by atoms with Crippen molar-refractivity contribution in [2.45, 2.75) is 25.2 Å². The molecule has 3 heterocycles. The van der Waals surface area contributed by atoms with Crippen molar-refractivity contribution in [2.24, 2.45) is 0 Å². The fourth-order valence-electron chi connectivity index (χ4n) is 4.18. The van der Waals surface area contributed by atoms with Crippen LogP contribution in [0.2, 0.25) is 0 Å². The van der Waals surface area contributed by atoms with Gasteiger partial charge in [0, 0.05) is 24.1 Å². The van der Waals surface area contributed by atoms with Gasteiger partial charge >= 0.3 is 6.01 Å². The highest BCUT2D eigenvalue weighted by Crippen LogP contribution is 2.43. The first-order chi connectivity index (χ1) is 14.7. The Balaban J connectivity index is 1.24. The number of pyridine rings is 1. The van der Waals surface area contributed by atoms with Gasteiger partial charge < -0.3 is 9.64 Å². The number of aromatic amines is 1. The first-order valence-corrected chi connectivity index (χ1v) is 10.3. The minimum atomic E-state index is -0.242. The lowest BCUT2D eigenvalue weighted by atomic mass is 10.1. The van der Waals surface area contributed by atoms with Gasteiger partial charge in [-0.1, -0.05) is 12.1 Å². The van der Waals surface area contributed by atoms with E-state index in [0.717, 1.165) is 24.6 Å². The zero-order chi connectivity index (χ0) is 20.1. The second kappa shape index (κ2) is 6.69. The quantitative estimate of drug-likeness (QED) is 0.542. The van der Waals surface area contributed by atoms with Crippen molar-refractivity contribution in [3.63, 3.8) is 0 Å². The topological polar surface area (TPSA) is 71.1 Å². The van der Waals surface area contributed by atoms with Crippen molar-refractivity contribution in [3.8, 4) is 11.8 Å².